The molecule has 0 atom stereocenters. The van der Waals surface area contributed by atoms with Crippen LogP contribution in [0.2, 0.25) is 0 Å². The first kappa shape index (κ1) is 12.2. The van der Waals surface area contributed by atoms with Crippen LogP contribution in [0.1, 0.15) is 54.0 Å². The topological polar surface area (TPSA) is 42.0 Å². The van der Waals surface area contributed by atoms with E-state index in [2.05, 4.69) is 24.1 Å². The van der Waals surface area contributed by atoms with Crippen LogP contribution in [-0.4, -0.2) is 16.9 Å². The van der Waals surface area contributed by atoms with Gasteiger partial charge < -0.3 is 5.32 Å². The number of nitrogens with zero attached hydrogens (tertiary/aromatic N) is 1. The Labute approximate surface area is 94.9 Å². The second-order valence-electron chi connectivity index (χ2n) is 4.24. The minimum atomic E-state index is -0.0642. The SMILES string of the molecule is Cc1sc(C(C)C)nc1C(=O)NC(C)C. The summed E-state index contributed by atoms with van der Waals surface area (Å²) < 4.78 is 0. The average Bonchev–Trinajstić information content (AvgIpc) is 2.46. The summed E-state index contributed by atoms with van der Waals surface area (Å²) in [4.78, 5) is 17.1. The van der Waals surface area contributed by atoms with Crippen molar-refractivity contribution in [3.05, 3.63) is 15.6 Å². The molecule has 84 valence electrons. The van der Waals surface area contributed by atoms with Crippen LogP contribution >= 0.6 is 11.3 Å². The molecule has 0 aromatic carbocycles. The molecule has 0 radical (unpaired) electrons. The van der Waals surface area contributed by atoms with Crippen molar-refractivity contribution in [2.75, 3.05) is 0 Å². The molecule has 1 heterocycles. The Hall–Kier alpha value is -0.900. The molecule has 0 saturated carbocycles. The molecule has 1 N–H and O–H groups in total. The van der Waals surface area contributed by atoms with E-state index in [9.17, 15) is 4.79 Å². The van der Waals surface area contributed by atoms with E-state index in [1.807, 2.05) is 20.8 Å². The number of nitrogens with one attached hydrogen (secondary N) is 1. The fourth-order valence-corrected chi connectivity index (χ4v) is 2.13. The highest BCUT2D eigenvalue weighted by atomic mass is 32.1. The summed E-state index contributed by atoms with van der Waals surface area (Å²) in [6.07, 6.45) is 0. The van der Waals surface area contributed by atoms with Crippen molar-refractivity contribution >= 4 is 17.2 Å². The van der Waals surface area contributed by atoms with Gasteiger partial charge in [-0.3, -0.25) is 4.79 Å². The highest BCUT2D eigenvalue weighted by Crippen LogP contribution is 2.23. The molecule has 0 aliphatic rings. The molecular weight excluding hydrogens is 208 g/mol. The molecule has 1 aromatic heterocycles. The fourth-order valence-electron chi connectivity index (χ4n) is 1.21. The Kier molecular flexibility index (Phi) is 3.85. The maximum Gasteiger partial charge on any atom is 0.271 e. The summed E-state index contributed by atoms with van der Waals surface area (Å²) >= 11 is 1.61. The van der Waals surface area contributed by atoms with Crippen LogP contribution in [0.25, 0.3) is 0 Å². The highest BCUT2D eigenvalue weighted by Gasteiger charge is 2.16. The highest BCUT2D eigenvalue weighted by molar-refractivity contribution is 7.12. The summed E-state index contributed by atoms with van der Waals surface area (Å²) in [5.74, 6) is 0.319. The number of aromatic nitrogens is 1. The standard InChI is InChI=1S/C11H18N2OS/c1-6(2)11-13-9(8(5)15-11)10(14)12-7(3)4/h6-7H,1-5H3,(H,12,14). The second kappa shape index (κ2) is 4.75. The molecule has 0 unspecified atom stereocenters. The molecule has 0 aliphatic heterocycles. The van der Waals surface area contributed by atoms with Crippen LogP contribution in [0.5, 0.6) is 0 Å². The number of carbonyl (C=O) groups excluding carboxylic acids is 1. The van der Waals surface area contributed by atoms with Gasteiger partial charge in [0.15, 0.2) is 0 Å². The Balaban J connectivity index is 2.89. The van der Waals surface area contributed by atoms with Gasteiger partial charge in [-0.15, -0.1) is 11.3 Å². The van der Waals surface area contributed by atoms with Crippen molar-refractivity contribution in [1.82, 2.24) is 10.3 Å². The Morgan fingerprint density at radius 2 is 1.93 bits per heavy atom. The third-order valence-electron chi connectivity index (χ3n) is 1.94. The van der Waals surface area contributed by atoms with Gasteiger partial charge in [-0.05, 0) is 20.8 Å². The van der Waals surface area contributed by atoms with Crippen LogP contribution in [-0.2, 0) is 0 Å². The maximum atomic E-state index is 11.7. The molecule has 0 fully saturated rings. The molecule has 0 spiro atoms. The van der Waals surface area contributed by atoms with Gasteiger partial charge in [0.05, 0.1) is 5.01 Å². The molecular formula is C11H18N2OS. The lowest BCUT2D eigenvalue weighted by Crippen LogP contribution is -2.30. The van der Waals surface area contributed by atoms with Crippen molar-refractivity contribution in [1.29, 1.82) is 0 Å². The number of hydrogen-bond donors (Lipinski definition) is 1. The lowest BCUT2D eigenvalue weighted by Gasteiger charge is -2.06. The zero-order valence-electron chi connectivity index (χ0n) is 9.92. The monoisotopic (exact) mass is 226 g/mol. The lowest BCUT2D eigenvalue weighted by molar-refractivity contribution is 0.0938. The predicted molar refractivity (Wildman–Crippen MR) is 63.5 cm³/mol. The summed E-state index contributed by atoms with van der Waals surface area (Å²) in [5.41, 5.74) is 0.581. The molecule has 1 rings (SSSR count). The van der Waals surface area contributed by atoms with Crippen LogP contribution in [0.3, 0.4) is 0 Å². The average molecular weight is 226 g/mol. The normalized spacial score (nSPS) is 11.1. The van der Waals surface area contributed by atoms with Gasteiger partial charge in [-0.25, -0.2) is 4.98 Å². The quantitative estimate of drug-likeness (QED) is 0.861. The molecule has 1 aromatic rings. The Morgan fingerprint density at radius 3 is 2.33 bits per heavy atom. The second-order valence-corrected chi connectivity index (χ2v) is 5.47. The summed E-state index contributed by atoms with van der Waals surface area (Å²) in [5, 5.41) is 3.89. The van der Waals surface area contributed by atoms with Crippen LogP contribution in [0.4, 0.5) is 0 Å². The predicted octanol–water partition coefficient (Wildman–Crippen LogP) is 2.71. The van der Waals surface area contributed by atoms with Gasteiger partial charge in [0.1, 0.15) is 5.69 Å². The number of carbonyl (C=O) groups is 1. The van der Waals surface area contributed by atoms with Crippen LogP contribution < -0.4 is 5.32 Å². The first-order valence-electron chi connectivity index (χ1n) is 5.20. The van der Waals surface area contributed by atoms with E-state index >= 15 is 0 Å². The maximum absolute atomic E-state index is 11.7. The summed E-state index contributed by atoms with van der Waals surface area (Å²) in [6, 6.07) is 0.154. The minimum Gasteiger partial charge on any atom is -0.348 e. The number of hydrogen-bond acceptors (Lipinski definition) is 3. The molecule has 15 heavy (non-hydrogen) atoms. The fraction of sp³-hybridized carbons (Fsp3) is 0.636. The largest absolute Gasteiger partial charge is 0.348 e. The first-order valence-corrected chi connectivity index (χ1v) is 6.01. The van der Waals surface area contributed by atoms with E-state index in [-0.39, 0.29) is 11.9 Å². The molecule has 1 amide bonds. The molecule has 0 saturated heterocycles. The van der Waals surface area contributed by atoms with Crippen molar-refractivity contribution < 1.29 is 4.79 Å². The van der Waals surface area contributed by atoms with E-state index in [0.717, 1.165) is 9.88 Å². The van der Waals surface area contributed by atoms with Crippen molar-refractivity contribution in [3.8, 4) is 0 Å². The van der Waals surface area contributed by atoms with Crippen LogP contribution in [0.15, 0.2) is 0 Å². The van der Waals surface area contributed by atoms with Gasteiger partial charge in [0.2, 0.25) is 0 Å². The van der Waals surface area contributed by atoms with Gasteiger partial charge >= 0.3 is 0 Å². The van der Waals surface area contributed by atoms with Gasteiger partial charge in [0.25, 0.3) is 5.91 Å². The van der Waals surface area contributed by atoms with Crippen molar-refractivity contribution in [2.45, 2.75) is 46.6 Å². The number of aryl methyl sites for hydroxylation is 1. The minimum absolute atomic E-state index is 0.0642. The Bertz CT molecular complexity index is 355. The summed E-state index contributed by atoms with van der Waals surface area (Å²) in [6.45, 7) is 10.0. The van der Waals surface area contributed by atoms with E-state index in [0.29, 0.717) is 11.6 Å². The van der Waals surface area contributed by atoms with Crippen molar-refractivity contribution in [2.24, 2.45) is 0 Å². The third kappa shape index (κ3) is 3.02. The van der Waals surface area contributed by atoms with Gasteiger partial charge in [0, 0.05) is 16.8 Å². The van der Waals surface area contributed by atoms with E-state index in [1.165, 1.54) is 0 Å². The number of thiazole rings is 1. The van der Waals surface area contributed by atoms with Crippen LogP contribution in [0, 0.1) is 6.92 Å². The third-order valence-corrected chi connectivity index (χ3v) is 3.21. The molecule has 3 nitrogen and oxygen atoms in total. The van der Waals surface area contributed by atoms with Crippen molar-refractivity contribution in [3.63, 3.8) is 0 Å². The van der Waals surface area contributed by atoms with Gasteiger partial charge in [-0.1, -0.05) is 13.8 Å². The Morgan fingerprint density at radius 1 is 1.33 bits per heavy atom. The van der Waals surface area contributed by atoms with E-state index < -0.39 is 0 Å². The molecule has 4 heteroatoms. The van der Waals surface area contributed by atoms with Gasteiger partial charge in [-0.2, -0.15) is 0 Å². The molecule has 0 aliphatic carbocycles. The molecule has 0 bridgehead atoms. The van der Waals surface area contributed by atoms with E-state index in [4.69, 9.17) is 0 Å². The van der Waals surface area contributed by atoms with E-state index in [1.54, 1.807) is 11.3 Å². The first-order chi connectivity index (χ1) is 6.91. The summed E-state index contributed by atoms with van der Waals surface area (Å²) in [7, 11) is 0. The smallest absolute Gasteiger partial charge is 0.271 e. The zero-order chi connectivity index (χ0) is 11.6. The lowest BCUT2D eigenvalue weighted by atomic mass is 10.2. The zero-order valence-corrected chi connectivity index (χ0v) is 10.7. The number of amides is 1. The number of rotatable bonds is 3.